The van der Waals surface area contributed by atoms with Gasteiger partial charge in [-0.3, -0.25) is 9.79 Å². The van der Waals surface area contributed by atoms with E-state index in [1.807, 2.05) is 38.1 Å². The Hall–Kier alpha value is -3.88. The molecule has 3 heterocycles. The summed E-state index contributed by atoms with van der Waals surface area (Å²) >= 11 is 0. The summed E-state index contributed by atoms with van der Waals surface area (Å²) in [6, 6.07) is 7.17. The van der Waals surface area contributed by atoms with E-state index in [1.165, 1.54) is 5.57 Å². The summed E-state index contributed by atoms with van der Waals surface area (Å²) in [5.41, 5.74) is 5.30. The number of fused-ring (bicyclic) bond motifs is 1. The Labute approximate surface area is 183 Å². The van der Waals surface area contributed by atoms with Gasteiger partial charge in [-0.05, 0) is 56.2 Å². The molecule has 1 aliphatic rings. The first kappa shape index (κ1) is 21.4. The Kier molecular flexibility index (Phi) is 6.07. The fraction of sp³-hybridized carbons (Fsp3) is 0.217. The highest BCUT2D eigenvalue weighted by Crippen LogP contribution is 2.26. The van der Waals surface area contributed by atoms with Crippen LogP contribution < -0.4 is 10.6 Å². The van der Waals surface area contributed by atoms with Gasteiger partial charge in [0.2, 0.25) is 5.95 Å². The smallest absolute Gasteiger partial charge is 0.267 e. The summed E-state index contributed by atoms with van der Waals surface area (Å²) in [4.78, 5) is 28.4. The average Bonchev–Trinajstić information content (AvgIpc) is 3.07. The van der Waals surface area contributed by atoms with E-state index in [0.29, 0.717) is 11.6 Å². The number of allylic oxidation sites excluding steroid dienone is 3. The van der Waals surface area contributed by atoms with Crippen LogP contribution >= 0.6 is 0 Å². The third kappa shape index (κ3) is 4.88. The van der Waals surface area contributed by atoms with Gasteiger partial charge in [0.05, 0.1) is 17.9 Å². The Morgan fingerprint density at radius 1 is 1.25 bits per heavy atom. The summed E-state index contributed by atoms with van der Waals surface area (Å²) < 4.78 is 24.7. The van der Waals surface area contributed by atoms with E-state index in [4.69, 9.17) is 0 Å². The number of aliphatic imine (C=N–C) groups is 1. The van der Waals surface area contributed by atoms with Crippen LogP contribution in [-0.4, -0.2) is 40.0 Å². The molecule has 32 heavy (non-hydrogen) atoms. The molecule has 0 bridgehead atoms. The van der Waals surface area contributed by atoms with Crippen molar-refractivity contribution in [3.63, 3.8) is 0 Å². The van der Waals surface area contributed by atoms with Gasteiger partial charge < -0.3 is 15.6 Å². The fourth-order valence-electron chi connectivity index (χ4n) is 3.37. The second-order valence-corrected chi connectivity index (χ2v) is 7.52. The number of H-pyrrole nitrogens is 1. The lowest BCUT2D eigenvalue weighted by molar-refractivity contribution is 0.0888. The highest BCUT2D eigenvalue weighted by Gasteiger charge is 2.14. The first-order chi connectivity index (χ1) is 15.4. The van der Waals surface area contributed by atoms with Crippen LogP contribution in [0.15, 0.2) is 53.2 Å². The molecule has 0 radical (unpaired) electrons. The number of anilines is 2. The maximum Gasteiger partial charge on any atom is 0.267 e. The summed E-state index contributed by atoms with van der Waals surface area (Å²) in [5, 5.41) is 6.16. The number of halogens is 2. The molecule has 0 saturated carbocycles. The van der Waals surface area contributed by atoms with Gasteiger partial charge in [0.15, 0.2) is 0 Å². The summed E-state index contributed by atoms with van der Waals surface area (Å²) in [6.07, 6.45) is 5.63. The lowest BCUT2D eigenvalue weighted by Crippen LogP contribution is -2.28. The molecule has 0 saturated heterocycles. The van der Waals surface area contributed by atoms with Crippen molar-refractivity contribution in [2.75, 3.05) is 11.9 Å². The molecule has 1 amide bonds. The van der Waals surface area contributed by atoms with Crippen LogP contribution in [0.3, 0.4) is 0 Å². The number of aromatic nitrogens is 3. The Morgan fingerprint density at radius 2 is 2.09 bits per heavy atom. The number of hydrogen-bond acceptors (Lipinski definition) is 5. The highest BCUT2D eigenvalue weighted by molar-refractivity contribution is 5.99. The summed E-state index contributed by atoms with van der Waals surface area (Å²) in [6.45, 7) is 3.25. The largest absolute Gasteiger partial charge is 0.350 e. The molecule has 1 aliphatic heterocycles. The number of benzene rings is 1. The normalized spacial score (nSPS) is 13.7. The molecular weight excluding hydrogens is 414 g/mol. The van der Waals surface area contributed by atoms with Crippen molar-refractivity contribution >= 4 is 40.4 Å². The maximum absolute atomic E-state index is 12.4. The highest BCUT2D eigenvalue weighted by atomic mass is 19.3. The minimum Gasteiger partial charge on any atom is -0.350 e. The van der Waals surface area contributed by atoms with Crippen molar-refractivity contribution in [2.24, 2.45) is 4.99 Å². The molecule has 2 aromatic heterocycles. The van der Waals surface area contributed by atoms with Crippen LogP contribution in [0, 0.1) is 6.92 Å². The third-order valence-electron chi connectivity index (χ3n) is 4.95. The number of rotatable bonds is 6. The Balaban J connectivity index is 1.56. The molecule has 3 N–H and O–H groups in total. The third-order valence-corrected chi connectivity index (χ3v) is 4.95. The average molecular weight is 436 g/mol. The van der Waals surface area contributed by atoms with Crippen LogP contribution in [0.4, 0.5) is 20.4 Å². The minimum absolute atomic E-state index is 0.223. The molecule has 0 aliphatic carbocycles. The number of alkyl halides is 2. The van der Waals surface area contributed by atoms with E-state index in [9.17, 15) is 13.6 Å². The van der Waals surface area contributed by atoms with Crippen LogP contribution in [-0.2, 0) is 0 Å². The number of aryl methyl sites for hydroxylation is 1. The number of carbonyl (C=O) groups excluding carboxylic acids is 1. The lowest BCUT2D eigenvalue weighted by atomic mass is 10.1. The molecule has 7 nitrogen and oxygen atoms in total. The summed E-state index contributed by atoms with van der Waals surface area (Å²) in [5.74, 6) is -0.162. The molecule has 0 spiro atoms. The van der Waals surface area contributed by atoms with E-state index >= 15 is 0 Å². The van der Waals surface area contributed by atoms with Gasteiger partial charge in [-0.1, -0.05) is 11.6 Å². The van der Waals surface area contributed by atoms with Gasteiger partial charge >= 0.3 is 0 Å². The van der Waals surface area contributed by atoms with Gasteiger partial charge in [-0.25, -0.2) is 18.7 Å². The van der Waals surface area contributed by atoms with Crippen molar-refractivity contribution < 1.29 is 13.6 Å². The first-order valence-electron chi connectivity index (χ1n) is 10.1. The van der Waals surface area contributed by atoms with Gasteiger partial charge in [-0.2, -0.15) is 0 Å². The number of aromatic amines is 1. The maximum atomic E-state index is 12.4. The van der Waals surface area contributed by atoms with Gasteiger partial charge in [0, 0.05) is 29.0 Å². The topological polar surface area (TPSA) is 95.1 Å². The number of nitrogens with zero attached hydrogens (tertiary/aromatic N) is 3. The zero-order valence-electron chi connectivity index (χ0n) is 17.6. The van der Waals surface area contributed by atoms with Gasteiger partial charge in [-0.15, -0.1) is 0 Å². The summed E-state index contributed by atoms with van der Waals surface area (Å²) in [7, 11) is 0. The van der Waals surface area contributed by atoms with Crippen molar-refractivity contribution in [3.05, 3.63) is 65.1 Å². The van der Waals surface area contributed by atoms with E-state index < -0.39 is 18.9 Å². The van der Waals surface area contributed by atoms with Crippen LogP contribution in [0.2, 0.25) is 0 Å². The predicted octanol–water partition coefficient (Wildman–Crippen LogP) is 4.77. The van der Waals surface area contributed by atoms with E-state index in [2.05, 4.69) is 30.6 Å². The molecule has 4 rings (SSSR count). The second-order valence-electron chi connectivity index (χ2n) is 7.52. The standard InChI is InChI=1S/C23H22F2N6O/c1-13-3-4-17(26-7-5-13)18-6-8-27-23(31-18)29-16-9-14(2)21-15(10-16)11-19(30-21)22(32)28-12-20(24)25/h4-11,20,30H,3,12H2,1-2H3,(H,28,32)(H,27,29,31). The van der Waals surface area contributed by atoms with Crippen LogP contribution in [0.1, 0.15) is 35.1 Å². The predicted molar refractivity (Wildman–Crippen MR) is 122 cm³/mol. The quantitative estimate of drug-likeness (QED) is 0.519. The number of nitrogens with one attached hydrogen (secondary N) is 3. The van der Waals surface area contributed by atoms with Crippen LogP contribution in [0.5, 0.6) is 0 Å². The number of amides is 1. The molecule has 0 unspecified atom stereocenters. The van der Waals surface area contributed by atoms with Crippen molar-refractivity contribution in [3.8, 4) is 0 Å². The van der Waals surface area contributed by atoms with E-state index in [-0.39, 0.29) is 5.69 Å². The first-order valence-corrected chi connectivity index (χ1v) is 10.1. The van der Waals surface area contributed by atoms with Crippen molar-refractivity contribution in [1.82, 2.24) is 20.3 Å². The van der Waals surface area contributed by atoms with Gasteiger partial charge in [0.1, 0.15) is 5.69 Å². The zero-order chi connectivity index (χ0) is 22.7. The van der Waals surface area contributed by atoms with Gasteiger partial charge in [0.25, 0.3) is 12.3 Å². The van der Waals surface area contributed by atoms with E-state index in [1.54, 1.807) is 24.5 Å². The molecule has 0 atom stereocenters. The molecule has 9 heteroatoms. The number of carbonyl (C=O) groups is 1. The molecule has 3 aromatic rings. The molecule has 164 valence electrons. The van der Waals surface area contributed by atoms with Crippen molar-refractivity contribution in [1.29, 1.82) is 0 Å². The fourth-order valence-corrected chi connectivity index (χ4v) is 3.37. The Bertz CT molecular complexity index is 1260. The molecular formula is C23H22F2N6O. The second kappa shape index (κ2) is 9.09. The molecule has 0 fully saturated rings. The zero-order valence-corrected chi connectivity index (χ0v) is 17.6. The Morgan fingerprint density at radius 3 is 2.91 bits per heavy atom. The molecule has 1 aromatic carbocycles. The lowest BCUT2D eigenvalue weighted by Gasteiger charge is -2.08. The van der Waals surface area contributed by atoms with Crippen molar-refractivity contribution in [2.45, 2.75) is 26.7 Å². The van der Waals surface area contributed by atoms with E-state index in [0.717, 1.165) is 34.3 Å². The monoisotopic (exact) mass is 436 g/mol. The minimum atomic E-state index is -2.60. The SMILES string of the molecule is CC1=CC=NC(c2ccnc(Nc3cc(C)c4[nH]c(C(=O)NCC(F)F)cc4c3)n2)=CC1. The number of hydrogen-bond donors (Lipinski definition) is 3. The van der Waals surface area contributed by atoms with Crippen LogP contribution in [0.25, 0.3) is 16.6 Å².